The van der Waals surface area contributed by atoms with Gasteiger partial charge < -0.3 is 10.0 Å². The van der Waals surface area contributed by atoms with Crippen LogP contribution in [-0.2, 0) is 6.42 Å². The first-order valence-electron chi connectivity index (χ1n) is 6.97. The molecule has 0 aliphatic heterocycles. The third-order valence-corrected chi connectivity index (χ3v) is 4.48. The molecule has 1 heterocycles. The van der Waals surface area contributed by atoms with Crippen LogP contribution in [0.15, 0.2) is 24.3 Å². The van der Waals surface area contributed by atoms with E-state index in [1.165, 1.54) is 4.70 Å². The van der Waals surface area contributed by atoms with Gasteiger partial charge in [-0.3, -0.25) is 0 Å². The van der Waals surface area contributed by atoms with Crippen LogP contribution in [0, 0.1) is 0 Å². The van der Waals surface area contributed by atoms with Crippen LogP contribution in [0.5, 0.6) is 0 Å². The van der Waals surface area contributed by atoms with E-state index in [0.717, 1.165) is 36.6 Å². The lowest BCUT2D eigenvalue weighted by Gasteiger charge is -2.19. The molecule has 19 heavy (non-hydrogen) atoms. The molecule has 0 bridgehead atoms. The maximum absolute atomic E-state index is 10.1. The Bertz CT molecular complexity index is 475. The Hall–Kier alpha value is -0.970. The van der Waals surface area contributed by atoms with Crippen molar-refractivity contribution in [3.8, 4) is 0 Å². The largest absolute Gasteiger partial charge is 0.393 e. The number of aliphatic hydroxyl groups excluding tert-OH is 1. The summed E-state index contributed by atoms with van der Waals surface area (Å²) in [5.41, 5.74) is 1.04. The zero-order chi connectivity index (χ0) is 13.7. The van der Waals surface area contributed by atoms with Gasteiger partial charge in [-0.1, -0.05) is 26.0 Å². The molecule has 0 saturated carbocycles. The summed E-state index contributed by atoms with van der Waals surface area (Å²) in [5.74, 6) is 0. The monoisotopic (exact) mass is 278 g/mol. The summed E-state index contributed by atoms with van der Waals surface area (Å²) in [5, 5.41) is 11.1. The fourth-order valence-corrected chi connectivity index (χ4v) is 3.22. The lowest BCUT2D eigenvalue weighted by Crippen LogP contribution is -2.27. The number of aromatic nitrogens is 1. The first-order valence-corrected chi connectivity index (χ1v) is 7.79. The van der Waals surface area contributed by atoms with E-state index in [9.17, 15) is 5.11 Å². The minimum Gasteiger partial charge on any atom is -0.393 e. The van der Waals surface area contributed by atoms with E-state index in [2.05, 4.69) is 29.8 Å². The number of thiazole rings is 1. The van der Waals surface area contributed by atoms with E-state index < -0.39 is 0 Å². The molecule has 1 aromatic heterocycles. The first-order chi connectivity index (χ1) is 9.22. The van der Waals surface area contributed by atoms with Gasteiger partial charge >= 0.3 is 0 Å². The Morgan fingerprint density at radius 1 is 1.26 bits per heavy atom. The van der Waals surface area contributed by atoms with E-state index >= 15 is 0 Å². The van der Waals surface area contributed by atoms with Gasteiger partial charge in [-0.2, -0.15) is 0 Å². The second-order valence-corrected chi connectivity index (χ2v) is 5.86. The Labute approximate surface area is 118 Å². The van der Waals surface area contributed by atoms with Crippen LogP contribution in [0.3, 0.4) is 0 Å². The van der Waals surface area contributed by atoms with Crippen molar-refractivity contribution < 1.29 is 5.11 Å². The number of nitrogens with zero attached hydrogens (tertiary/aromatic N) is 2. The summed E-state index contributed by atoms with van der Waals surface area (Å²) in [6, 6.07) is 8.14. The molecule has 0 radical (unpaired) electrons. The van der Waals surface area contributed by atoms with Gasteiger partial charge in [0.15, 0.2) is 0 Å². The average Bonchev–Trinajstić information content (AvgIpc) is 2.81. The lowest BCUT2D eigenvalue weighted by atomic mass is 10.2. The summed E-state index contributed by atoms with van der Waals surface area (Å²) >= 11 is 1.69. The predicted octanol–water partition coefficient (Wildman–Crippen LogP) is 2.93. The van der Waals surface area contributed by atoms with Crippen LogP contribution >= 0.6 is 11.3 Å². The molecule has 3 nitrogen and oxygen atoms in total. The van der Waals surface area contributed by atoms with E-state index in [-0.39, 0.29) is 6.10 Å². The van der Waals surface area contributed by atoms with Gasteiger partial charge in [0.1, 0.15) is 0 Å². The number of hydrogen-bond acceptors (Lipinski definition) is 4. The van der Waals surface area contributed by atoms with Crippen molar-refractivity contribution in [2.75, 3.05) is 19.6 Å². The number of rotatable bonds is 7. The van der Waals surface area contributed by atoms with Crippen LogP contribution in [0.4, 0.5) is 0 Å². The molecule has 104 valence electrons. The molecule has 1 atom stereocenters. The molecular formula is C15H22N2OS. The normalized spacial score (nSPS) is 13.3. The Balaban J connectivity index is 1.89. The minimum absolute atomic E-state index is 0.291. The fourth-order valence-electron chi connectivity index (χ4n) is 2.18. The highest BCUT2D eigenvalue weighted by Gasteiger charge is 2.11. The van der Waals surface area contributed by atoms with Crippen LogP contribution in [0.2, 0.25) is 0 Å². The highest BCUT2D eigenvalue weighted by Crippen LogP contribution is 2.22. The second kappa shape index (κ2) is 6.98. The minimum atomic E-state index is -0.291. The molecule has 0 amide bonds. The molecule has 0 aliphatic carbocycles. The quantitative estimate of drug-likeness (QED) is 0.846. The van der Waals surface area contributed by atoms with Crippen molar-refractivity contribution >= 4 is 21.6 Å². The number of benzene rings is 1. The highest BCUT2D eigenvalue weighted by molar-refractivity contribution is 7.18. The molecule has 1 aromatic carbocycles. The number of para-hydroxylation sites is 1. The van der Waals surface area contributed by atoms with Crippen molar-refractivity contribution in [1.29, 1.82) is 0 Å². The maximum Gasteiger partial charge on any atom is 0.0964 e. The zero-order valence-corrected chi connectivity index (χ0v) is 12.5. The Kier molecular flexibility index (Phi) is 5.31. The van der Waals surface area contributed by atoms with Gasteiger partial charge in [0, 0.05) is 13.0 Å². The van der Waals surface area contributed by atoms with Crippen LogP contribution < -0.4 is 0 Å². The summed E-state index contributed by atoms with van der Waals surface area (Å²) in [4.78, 5) is 6.90. The molecule has 1 N–H and O–H groups in total. The molecule has 0 spiro atoms. The smallest absolute Gasteiger partial charge is 0.0964 e. The molecule has 0 fully saturated rings. The van der Waals surface area contributed by atoms with E-state index in [1.807, 2.05) is 18.2 Å². The summed E-state index contributed by atoms with van der Waals surface area (Å²) < 4.78 is 1.20. The van der Waals surface area contributed by atoms with Gasteiger partial charge in [0.2, 0.25) is 0 Å². The molecule has 2 aromatic rings. The molecule has 1 unspecified atom stereocenters. The van der Waals surface area contributed by atoms with Crippen LogP contribution in [0.25, 0.3) is 10.2 Å². The number of hydrogen-bond donors (Lipinski definition) is 1. The first kappa shape index (κ1) is 14.4. The van der Waals surface area contributed by atoms with Gasteiger partial charge in [0.05, 0.1) is 21.3 Å². The van der Waals surface area contributed by atoms with Crippen molar-refractivity contribution in [2.24, 2.45) is 0 Å². The molecule has 0 aliphatic rings. The fraction of sp³-hybridized carbons (Fsp3) is 0.533. The zero-order valence-electron chi connectivity index (χ0n) is 11.7. The van der Waals surface area contributed by atoms with Gasteiger partial charge in [-0.05, 0) is 31.6 Å². The molecular weight excluding hydrogens is 256 g/mol. The molecule has 4 heteroatoms. The topological polar surface area (TPSA) is 36.4 Å². The number of fused-ring (bicyclic) bond motifs is 1. The van der Waals surface area contributed by atoms with Crippen LogP contribution in [-0.4, -0.2) is 40.7 Å². The SMILES string of the molecule is CCN(CC)CCC(O)Cc1nc2ccccc2s1. The molecule has 2 rings (SSSR count). The van der Waals surface area contributed by atoms with Gasteiger partial charge in [-0.25, -0.2) is 4.98 Å². The standard InChI is InChI=1S/C15H22N2OS/c1-3-17(4-2)10-9-12(18)11-15-16-13-7-5-6-8-14(13)19-15/h5-8,12,18H,3-4,9-11H2,1-2H3. The second-order valence-electron chi connectivity index (χ2n) is 4.75. The number of aliphatic hydroxyl groups is 1. The van der Waals surface area contributed by atoms with Gasteiger partial charge in [-0.15, -0.1) is 11.3 Å². The highest BCUT2D eigenvalue weighted by atomic mass is 32.1. The summed E-state index contributed by atoms with van der Waals surface area (Å²) in [6.45, 7) is 7.36. The van der Waals surface area contributed by atoms with E-state index in [0.29, 0.717) is 6.42 Å². The Morgan fingerprint density at radius 2 is 2.00 bits per heavy atom. The Morgan fingerprint density at radius 3 is 2.68 bits per heavy atom. The summed E-state index contributed by atoms with van der Waals surface area (Å²) in [7, 11) is 0. The van der Waals surface area contributed by atoms with Crippen molar-refractivity contribution in [1.82, 2.24) is 9.88 Å². The molecule has 0 saturated heterocycles. The third kappa shape index (κ3) is 4.00. The predicted molar refractivity (Wildman–Crippen MR) is 81.7 cm³/mol. The third-order valence-electron chi connectivity index (χ3n) is 3.42. The van der Waals surface area contributed by atoms with Crippen molar-refractivity contribution in [3.63, 3.8) is 0 Å². The summed E-state index contributed by atoms with van der Waals surface area (Å²) in [6.07, 6.45) is 1.19. The van der Waals surface area contributed by atoms with Crippen molar-refractivity contribution in [2.45, 2.75) is 32.8 Å². The average molecular weight is 278 g/mol. The lowest BCUT2D eigenvalue weighted by molar-refractivity contribution is 0.143. The van der Waals surface area contributed by atoms with Gasteiger partial charge in [0.25, 0.3) is 0 Å². The van der Waals surface area contributed by atoms with E-state index in [1.54, 1.807) is 11.3 Å². The maximum atomic E-state index is 10.1. The van der Waals surface area contributed by atoms with E-state index in [4.69, 9.17) is 0 Å². The van der Waals surface area contributed by atoms with Crippen LogP contribution in [0.1, 0.15) is 25.3 Å². The van der Waals surface area contributed by atoms with Crippen molar-refractivity contribution in [3.05, 3.63) is 29.3 Å².